The van der Waals surface area contributed by atoms with Crippen molar-refractivity contribution in [3.63, 3.8) is 0 Å². The summed E-state index contributed by atoms with van der Waals surface area (Å²) in [6.45, 7) is 3.44. The Morgan fingerprint density at radius 3 is 2.51 bits per heavy atom. The highest BCUT2D eigenvalue weighted by atomic mass is 16.6. The van der Waals surface area contributed by atoms with Crippen molar-refractivity contribution in [2.75, 3.05) is 13.2 Å². The fourth-order valence-corrected chi connectivity index (χ4v) is 8.56. The smallest absolute Gasteiger partial charge is 0.335 e. The van der Waals surface area contributed by atoms with Crippen LogP contribution in [0.3, 0.4) is 0 Å². The van der Waals surface area contributed by atoms with Crippen LogP contribution in [-0.2, 0) is 21.0 Å². The molecule has 0 radical (unpaired) electrons. The predicted octanol–water partition coefficient (Wildman–Crippen LogP) is 2.60. The minimum atomic E-state index is -1.60. The minimum absolute atomic E-state index is 0.00460. The summed E-state index contributed by atoms with van der Waals surface area (Å²) in [4.78, 5) is 41.2. The molecule has 0 bridgehead atoms. The van der Waals surface area contributed by atoms with Gasteiger partial charge in [-0.1, -0.05) is 36.7 Å². The van der Waals surface area contributed by atoms with Crippen LogP contribution in [0.4, 0.5) is 0 Å². The first-order valence-corrected chi connectivity index (χ1v) is 14.5. The van der Waals surface area contributed by atoms with Crippen molar-refractivity contribution in [3.05, 3.63) is 47.0 Å². The number of oxime groups is 1. The van der Waals surface area contributed by atoms with Crippen LogP contribution in [0.15, 0.2) is 41.1 Å². The first kappa shape index (κ1) is 29.4. The molecule has 1 amide bonds. The van der Waals surface area contributed by atoms with Crippen LogP contribution in [0.25, 0.3) is 0 Å². The van der Waals surface area contributed by atoms with Gasteiger partial charge in [0.2, 0.25) is 0 Å². The van der Waals surface area contributed by atoms with Gasteiger partial charge >= 0.3 is 5.97 Å². The number of amides is 1. The number of Topliss-reactive ketones (excluding diaryl/α,β-unsaturated/α-hetero) is 1. The molecule has 0 heterocycles. The number of carbonyl (C=O) groups excluding carboxylic acids is 2. The number of aromatic carboxylic acids is 1. The van der Waals surface area contributed by atoms with Crippen LogP contribution in [0.2, 0.25) is 0 Å². The summed E-state index contributed by atoms with van der Waals surface area (Å²) in [6.07, 6.45) is 5.81. The highest BCUT2D eigenvalue weighted by Crippen LogP contribution is 2.67. The second-order valence-electron chi connectivity index (χ2n) is 12.7. The molecule has 7 unspecified atom stereocenters. The quantitative estimate of drug-likeness (QED) is 0.299. The molecule has 3 fully saturated rings. The Balaban J connectivity index is 1.21. The minimum Gasteiger partial charge on any atom is -0.478 e. The number of rotatable bonds is 8. The molecule has 0 aliphatic heterocycles. The van der Waals surface area contributed by atoms with E-state index in [1.165, 1.54) is 17.7 Å². The second-order valence-corrected chi connectivity index (χ2v) is 12.7. The maximum atomic E-state index is 12.6. The molecular formula is C31H40N2O8. The van der Waals surface area contributed by atoms with Gasteiger partial charge in [0.25, 0.3) is 5.91 Å². The van der Waals surface area contributed by atoms with Gasteiger partial charge in [-0.25, -0.2) is 4.79 Å². The number of ketones is 1. The predicted molar refractivity (Wildman–Crippen MR) is 149 cm³/mol. The molecule has 5 N–H and O–H groups in total. The molecule has 5 rings (SSSR count). The van der Waals surface area contributed by atoms with Crippen LogP contribution in [-0.4, -0.2) is 68.7 Å². The molecule has 3 saturated carbocycles. The summed E-state index contributed by atoms with van der Waals surface area (Å²) in [7, 11) is 0. The highest BCUT2D eigenvalue weighted by molar-refractivity contribution is 5.96. The summed E-state index contributed by atoms with van der Waals surface area (Å²) in [6, 6.07) is 6.27. The Morgan fingerprint density at radius 1 is 1.10 bits per heavy atom. The largest absolute Gasteiger partial charge is 0.478 e. The lowest BCUT2D eigenvalue weighted by Crippen LogP contribution is -2.62. The van der Waals surface area contributed by atoms with E-state index in [9.17, 15) is 29.7 Å². The van der Waals surface area contributed by atoms with Gasteiger partial charge in [0.05, 0.1) is 17.4 Å². The summed E-state index contributed by atoms with van der Waals surface area (Å²) in [5.74, 6) is -1.61. The van der Waals surface area contributed by atoms with Crippen LogP contribution in [0, 0.1) is 28.6 Å². The number of nitrogens with one attached hydrogen (secondary N) is 1. The molecule has 41 heavy (non-hydrogen) atoms. The first-order valence-electron chi connectivity index (χ1n) is 14.5. The normalized spacial score (nSPS) is 36.9. The third kappa shape index (κ3) is 5.00. The Bertz CT molecular complexity index is 1280. The maximum Gasteiger partial charge on any atom is 0.335 e. The fourth-order valence-electron chi connectivity index (χ4n) is 8.56. The van der Waals surface area contributed by atoms with Crippen LogP contribution in [0.5, 0.6) is 0 Å². The van der Waals surface area contributed by atoms with E-state index < -0.39 is 35.5 Å². The molecule has 10 nitrogen and oxygen atoms in total. The lowest BCUT2D eigenvalue weighted by atomic mass is 9.45. The van der Waals surface area contributed by atoms with Gasteiger partial charge in [-0.2, -0.15) is 0 Å². The van der Waals surface area contributed by atoms with Gasteiger partial charge < -0.3 is 30.6 Å². The Kier molecular flexibility index (Phi) is 7.86. The zero-order chi connectivity index (χ0) is 29.6. The first-order chi connectivity index (χ1) is 19.4. The van der Waals surface area contributed by atoms with Crippen LogP contribution >= 0.6 is 0 Å². The highest BCUT2D eigenvalue weighted by Gasteiger charge is 2.68. The molecule has 4 aliphatic carbocycles. The summed E-state index contributed by atoms with van der Waals surface area (Å²) < 4.78 is 0. The molecule has 4 aliphatic rings. The average molecular weight is 569 g/mol. The number of benzene rings is 1. The lowest BCUT2D eigenvalue weighted by molar-refractivity contribution is -0.181. The van der Waals surface area contributed by atoms with Crippen LogP contribution < -0.4 is 5.32 Å². The van der Waals surface area contributed by atoms with E-state index in [0.717, 1.165) is 30.5 Å². The van der Waals surface area contributed by atoms with Gasteiger partial charge in [-0.05, 0) is 91.9 Å². The lowest BCUT2D eigenvalue weighted by Gasteiger charge is -2.60. The number of aliphatic hydroxyl groups excluding tert-OH is 2. The van der Waals surface area contributed by atoms with Crippen molar-refractivity contribution >= 4 is 23.4 Å². The third-order valence-electron chi connectivity index (χ3n) is 10.7. The average Bonchev–Trinajstić information content (AvgIpc) is 3.22. The van der Waals surface area contributed by atoms with Crippen molar-refractivity contribution in [3.8, 4) is 0 Å². The summed E-state index contributed by atoms with van der Waals surface area (Å²) >= 11 is 0. The number of hydrogen-bond donors (Lipinski definition) is 5. The molecule has 222 valence electrons. The molecule has 7 atom stereocenters. The SMILES string of the molecule is CC12CCC(=NOCC(=O)NCc3ccc(C(=O)O)cc3)C=C1CCC1C2C(O)CC2(C)C1CCC2(O)C(=O)CO. The molecule has 1 aromatic rings. The number of hydrogen-bond acceptors (Lipinski definition) is 8. The molecular weight excluding hydrogens is 528 g/mol. The molecule has 0 spiro atoms. The Morgan fingerprint density at radius 2 is 1.83 bits per heavy atom. The van der Waals surface area contributed by atoms with E-state index in [1.54, 1.807) is 12.1 Å². The van der Waals surface area contributed by atoms with Gasteiger partial charge in [-0.3, -0.25) is 9.59 Å². The van der Waals surface area contributed by atoms with E-state index in [-0.39, 0.29) is 47.8 Å². The zero-order valence-electron chi connectivity index (χ0n) is 23.6. The topological polar surface area (TPSA) is 166 Å². The molecule has 1 aromatic carbocycles. The summed E-state index contributed by atoms with van der Waals surface area (Å²) in [5.41, 5.74) is 0.323. The van der Waals surface area contributed by atoms with E-state index >= 15 is 0 Å². The molecule has 10 heteroatoms. The molecule has 0 aromatic heterocycles. The van der Waals surface area contributed by atoms with E-state index in [1.807, 2.05) is 13.0 Å². The van der Waals surface area contributed by atoms with Crippen molar-refractivity contribution in [1.29, 1.82) is 0 Å². The van der Waals surface area contributed by atoms with Crippen molar-refractivity contribution in [2.45, 2.75) is 77.0 Å². The van der Waals surface area contributed by atoms with E-state index in [2.05, 4.69) is 17.4 Å². The molecule has 0 saturated heterocycles. The maximum absolute atomic E-state index is 12.6. The second kappa shape index (κ2) is 11.0. The van der Waals surface area contributed by atoms with E-state index in [0.29, 0.717) is 25.7 Å². The fraction of sp³-hybridized carbons (Fsp3) is 0.613. The monoisotopic (exact) mass is 568 g/mol. The number of carboxylic acids is 1. The van der Waals surface area contributed by atoms with Crippen molar-refractivity contribution in [1.82, 2.24) is 5.32 Å². The van der Waals surface area contributed by atoms with E-state index in [4.69, 9.17) is 9.94 Å². The van der Waals surface area contributed by atoms with Crippen molar-refractivity contribution in [2.24, 2.45) is 33.7 Å². The van der Waals surface area contributed by atoms with Gasteiger partial charge in [-0.15, -0.1) is 0 Å². The number of carboxylic acid groups (broad SMARTS) is 1. The van der Waals surface area contributed by atoms with Gasteiger partial charge in [0.1, 0.15) is 12.2 Å². The third-order valence-corrected chi connectivity index (χ3v) is 10.7. The van der Waals surface area contributed by atoms with Gasteiger partial charge in [0, 0.05) is 12.0 Å². The summed E-state index contributed by atoms with van der Waals surface area (Å²) in [5, 5.41) is 48.4. The van der Waals surface area contributed by atoms with Crippen LogP contribution in [0.1, 0.15) is 74.7 Å². The number of carbonyl (C=O) groups is 3. The Labute approximate surface area is 239 Å². The number of nitrogens with zero attached hydrogens (tertiary/aromatic N) is 1. The number of fused-ring (bicyclic) bond motifs is 5. The van der Waals surface area contributed by atoms with Gasteiger partial charge in [0.15, 0.2) is 12.4 Å². The zero-order valence-corrected chi connectivity index (χ0v) is 23.6. The number of aliphatic hydroxyl groups is 3. The number of allylic oxidation sites excluding steroid dienone is 2. The van der Waals surface area contributed by atoms with Crippen molar-refractivity contribution < 1.29 is 39.6 Å². The standard InChI is InChI=1S/C31H40N2O8/c1-29-11-9-21(33-41-17-26(37)32-15-18-3-5-19(6-4-18)28(38)39)13-20(29)7-8-22-23-10-12-31(40,25(36)16-34)30(23,2)14-24(35)27(22)29/h3-6,13,22-24,27,34-35,40H,7-12,14-17H2,1-2H3,(H,32,37)(H,38,39). The Hall–Kier alpha value is -3.08.